The van der Waals surface area contributed by atoms with Crippen LogP contribution in [0.1, 0.15) is 44.1 Å². The third kappa shape index (κ3) is 5.26. The fourth-order valence-electron chi connectivity index (χ4n) is 3.83. The summed E-state index contributed by atoms with van der Waals surface area (Å²) < 4.78 is 0. The van der Waals surface area contributed by atoms with E-state index in [0.29, 0.717) is 28.7 Å². The lowest BCUT2D eigenvalue weighted by molar-refractivity contribution is -0.139. The summed E-state index contributed by atoms with van der Waals surface area (Å²) in [5.74, 6) is 0.267. The van der Waals surface area contributed by atoms with E-state index < -0.39 is 0 Å². The van der Waals surface area contributed by atoms with Crippen LogP contribution in [0.25, 0.3) is 6.08 Å². The quantitative estimate of drug-likeness (QED) is 0.682. The van der Waals surface area contributed by atoms with Crippen molar-refractivity contribution in [3.8, 4) is 0 Å². The minimum atomic E-state index is -0.0633. The summed E-state index contributed by atoms with van der Waals surface area (Å²) in [5.41, 5.74) is 0.653. The van der Waals surface area contributed by atoms with Crippen LogP contribution < -0.4 is 0 Å². The van der Waals surface area contributed by atoms with Crippen LogP contribution in [0.3, 0.4) is 0 Å². The van der Waals surface area contributed by atoms with Crippen molar-refractivity contribution >= 4 is 41.1 Å². The molecule has 6 heteroatoms. The van der Waals surface area contributed by atoms with Gasteiger partial charge in [0.15, 0.2) is 0 Å². The Morgan fingerprint density at radius 2 is 1.48 bits per heavy atom. The first-order valence-corrected chi connectivity index (χ1v) is 10.5. The summed E-state index contributed by atoms with van der Waals surface area (Å²) >= 11 is 12.3. The number of hydrogen-bond acceptors (Lipinski definition) is 2. The number of likely N-dealkylation sites (tertiary alicyclic amines) is 2. The molecular weight excluding hydrogens is 383 g/mol. The molecule has 2 aliphatic heterocycles. The number of benzene rings is 1. The van der Waals surface area contributed by atoms with Crippen molar-refractivity contribution < 1.29 is 9.59 Å². The predicted molar refractivity (Wildman–Crippen MR) is 110 cm³/mol. The van der Waals surface area contributed by atoms with E-state index in [4.69, 9.17) is 23.2 Å². The van der Waals surface area contributed by atoms with Gasteiger partial charge in [0.25, 0.3) is 0 Å². The van der Waals surface area contributed by atoms with Crippen LogP contribution in [-0.2, 0) is 9.59 Å². The molecule has 27 heavy (non-hydrogen) atoms. The van der Waals surface area contributed by atoms with E-state index in [1.807, 2.05) is 4.90 Å². The van der Waals surface area contributed by atoms with Gasteiger partial charge in [-0.05, 0) is 43.9 Å². The Hall–Kier alpha value is -1.52. The van der Waals surface area contributed by atoms with Gasteiger partial charge >= 0.3 is 0 Å². The first-order valence-electron chi connectivity index (χ1n) is 9.76. The van der Waals surface area contributed by atoms with E-state index in [9.17, 15) is 9.59 Å². The monoisotopic (exact) mass is 408 g/mol. The van der Waals surface area contributed by atoms with E-state index in [1.54, 1.807) is 29.2 Å². The molecule has 0 unspecified atom stereocenters. The van der Waals surface area contributed by atoms with Crippen LogP contribution in [-0.4, -0.2) is 47.8 Å². The Morgan fingerprint density at radius 3 is 2.07 bits per heavy atom. The first kappa shape index (κ1) is 20.2. The summed E-state index contributed by atoms with van der Waals surface area (Å²) in [6, 6.07) is 5.27. The van der Waals surface area contributed by atoms with Crippen LogP contribution >= 0.6 is 23.2 Å². The van der Waals surface area contributed by atoms with Gasteiger partial charge in [-0.2, -0.15) is 0 Å². The number of amides is 2. The molecule has 0 bridgehead atoms. The largest absolute Gasteiger partial charge is 0.342 e. The molecule has 2 amide bonds. The summed E-state index contributed by atoms with van der Waals surface area (Å²) in [5, 5.41) is 1.04. The van der Waals surface area contributed by atoms with Crippen molar-refractivity contribution in [1.29, 1.82) is 0 Å². The van der Waals surface area contributed by atoms with Gasteiger partial charge in [0.05, 0.1) is 0 Å². The van der Waals surface area contributed by atoms with Gasteiger partial charge in [-0.15, -0.1) is 0 Å². The van der Waals surface area contributed by atoms with Crippen LogP contribution in [0.15, 0.2) is 24.3 Å². The molecule has 2 aliphatic rings. The summed E-state index contributed by atoms with van der Waals surface area (Å²) in [7, 11) is 0. The molecule has 0 aliphatic carbocycles. The summed E-state index contributed by atoms with van der Waals surface area (Å²) in [6.07, 6.45) is 9.32. The number of nitrogens with zero attached hydrogens (tertiary/aromatic N) is 2. The van der Waals surface area contributed by atoms with Crippen molar-refractivity contribution in [2.45, 2.75) is 38.5 Å². The smallest absolute Gasteiger partial charge is 0.246 e. The Labute approximate surface area is 171 Å². The van der Waals surface area contributed by atoms with E-state index >= 15 is 0 Å². The summed E-state index contributed by atoms with van der Waals surface area (Å²) in [6.45, 7) is 3.01. The standard InChI is InChI=1S/C21H26Cl2N2O2/c22-18-6-5-7-19(23)17(18)8-9-20(26)24-14-10-16(11-15-24)21(27)25-12-3-1-2-4-13-25/h5-9,16H,1-4,10-15H2/b9-8+. The molecule has 2 saturated heterocycles. The number of rotatable bonds is 3. The van der Waals surface area contributed by atoms with Gasteiger partial charge in [-0.3, -0.25) is 9.59 Å². The van der Waals surface area contributed by atoms with Gasteiger partial charge in [-0.25, -0.2) is 0 Å². The second-order valence-corrected chi connectivity index (χ2v) is 8.12. The van der Waals surface area contributed by atoms with Crippen LogP contribution in [0.5, 0.6) is 0 Å². The highest BCUT2D eigenvalue weighted by Crippen LogP contribution is 2.26. The Balaban J connectivity index is 1.53. The summed E-state index contributed by atoms with van der Waals surface area (Å²) in [4.78, 5) is 29.1. The Bertz CT molecular complexity index is 684. The molecule has 0 aromatic heterocycles. The number of piperidine rings is 1. The van der Waals surface area contributed by atoms with E-state index in [-0.39, 0.29) is 17.7 Å². The molecule has 3 rings (SSSR count). The maximum absolute atomic E-state index is 12.7. The lowest BCUT2D eigenvalue weighted by Crippen LogP contribution is -2.44. The average molecular weight is 409 g/mol. The average Bonchev–Trinajstić information content (AvgIpc) is 2.96. The van der Waals surface area contributed by atoms with Crippen molar-refractivity contribution in [3.63, 3.8) is 0 Å². The van der Waals surface area contributed by atoms with Crippen molar-refractivity contribution in [3.05, 3.63) is 39.9 Å². The molecular formula is C21H26Cl2N2O2. The number of carbonyl (C=O) groups excluding carboxylic acids is 2. The topological polar surface area (TPSA) is 40.6 Å². The second kappa shape index (κ2) is 9.61. The van der Waals surface area contributed by atoms with Crippen LogP contribution in [0, 0.1) is 5.92 Å². The zero-order valence-corrected chi connectivity index (χ0v) is 17.0. The normalized spacial score (nSPS) is 19.3. The molecule has 1 aromatic rings. The molecule has 4 nitrogen and oxygen atoms in total. The molecule has 0 N–H and O–H groups in total. The third-order valence-electron chi connectivity index (χ3n) is 5.47. The highest BCUT2D eigenvalue weighted by Gasteiger charge is 2.29. The lowest BCUT2D eigenvalue weighted by Gasteiger charge is -2.33. The van der Waals surface area contributed by atoms with Crippen LogP contribution in [0.2, 0.25) is 10.0 Å². The van der Waals surface area contributed by atoms with Crippen molar-refractivity contribution in [2.75, 3.05) is 26.2 Å². The second-order valence-electron chi connectivity index (χ2n) is 7.31. The molecule has 2 heterocycles. The van der Waals surface area contributed by atoms with E-state index in [0.717, 1.165) is 38.8 Å². The zero-order valence-electron chi connectivity index (χ0n) is 15.5. The zero-order chi connectivity index (χ0) is 19.2. The number of halogens is 2. The van der Waals surface area contributed by atoms with Crippen molar-refractivity contribution in [1.82, 2.24) is 9.80 Å². The number of hydrogen-bond donors (Lipinski definition) is 0. The fourth-order valence-corrected chi connectivity index (χ4v) is 4.35. The molecule has 146 valence electrons. The highest BCUT2D eigenvalue weighted by molar-refractivity contribution is 6.37. The van der Waals surface area contributed by atoms with Crippen LogP contribution in [0.4, 0.5) is 0 Å². The minimum Gasteiger partial charge on any atom is -0.342 e. The third-order valence-corrected chi connectivity index (χ3v) is 6.13. The van der Waals surface area contributed by atoms with Gasteiger partial charge in [0.1, 0.15) is 0 Å². The maximum atomic E-state index is 12.7. The predicted octanol–water partition coefficient (Wildman–Crippen LogP) is 4.65. The molecule has 1 aromatic carbocycles. The fraction of sp³-hybridized carbons (Fsp3) is 0.524. The molecule has 0 atom stereocenters. The maximum Gasteiger partial charge on any atom is 0.246 e. The van der Waals surface area contributed by atoms with Gasteiger partial charge in [-0.1, -0.05) is 42.1 Å². The first-order chi connectivity index (χ1) is 13.1. The molecule has 0 saturated carbocycles. The Morgan fingerprint density at radius 1 is 0.889 bits per heavy atom. The SMILES string of the molecule is O=C(/C=C/c1c(Cl)cccc1Cl)N1CCC(C(=O)N2CCCCCC2)CC1. The van der Waals surface area contributed by atoms with Gasteiger partial charge in [0.2, 0.25) is 11.8 Å². The van der Waals surface area contributed by atoms with E-state index in [2.05, 4.69) is 0 Å². The minimum absolute atomic E-state index is 0.0501. The molecule has 2 fully saturated rings. The number of carbonyl (C=O) groups is 2. The molecule has 0 spiro atoms. The Kier molecular flexibility index (Phi) is 7.20. The van der Waals surface area contributed by atoms with Crippen molar-refractivity contribution in [2.24, 2.45) is 5.92 Å². The molecule has 0 radical (unpaired) electrons. The lowest BCUT2D eigenvalue weighted by atomic mass is 9.95. The van der Waals surface area contributed by atoms with Gasteiger partial charge in [0, 0.05) is 53.8 Å². The van der Waals surface area contributed by atoms with E-state index in [1.165, 1.54) is 18.9 Å². The van der Waals surface area contributed by atoms with Gasteiger partial charge < -0.3 is 9.80 Å². The highest BCUT2D eigenvalue weighted by atomic mass is 35.5.